The second kappa shape index (κ2) is 6.99. The van der Waals surface area contributed by atoms with E-state index < -0.39 is 12.4 Å². The first-order valence-electron chi connectivity index (χ1n) is 5.17. The van der Waals surface area contributed by atoms with Gasteiger partial charge in [0.25, 0.3) is 6.43 Å². The lowest BCUT2D eigenvalue weighted by atomic mass is 10.1. The monoisotopic (exact) mass is 341 g/mol. The van der Waals surface area contributed by atoms with Crippen LogP contribution in [0.1, 0.15) is 30.2 Å². The van der Waals surface area contributed by atoms with Gasteiger partial charge in [0, 0.05) is 16.5 Å². The zero-order valence-corrected chi connectivity index (χ0v) is 11.9. The largest absolute Gasteiger partial charge is 0.466 e. The summed E-state index contributed by atoms with van der Waals surface area (Å²) in [6.45, 7) is 1.83. The third kappa shape index (κ3) is 3.88. The topological polar surface area (TPSA) is 39.2 Å². The fourth-order valence-electron chi connectivity index (χ4n) is 1.36. The molecule has 0 unspecified atom stereocenters. The van der Waals surface area contributed by atoms with Gasteiger partial charge in [0.2, 0.25) is 0 Å². The number of rotatable bonds is 5. The Labute approximate surface area is 117 Å². The van der Waals surface area contributed by atoms with E-state index in [4.69, 9.17) is 16.3 Å². The number of esters is 1. The van der Waals surface area contributed by atoms with E-state index in [2.05, 4.69) is 20.9 Å². The van der Waals surface area contributed by atoms with E-state index in [0.717, 1.165) is 0 Å². The van der Waals surface area contributed by atoms with Gasteiger partial charge in [-0.25, -0.2) is 13.8 Å². The first kappa shape index (κ1) is 15.3. The van der Waals surface area contributed by atoms with Gasteiger partial charge in [0.05, 0.1) is 18.7 Å². The third-order valence-corrected chi connectivity index (χ3v) is 3.09. The smallest absolute Gasteiger partial charge is 0.311 e. The van der Waals surface area contributed by atoms with Crippen molar-refractivity contribution in [1.29, 1.82) is 0 Å². The van der Waals surface area contributed by atoms with Crippen molar-refractivity contribution in [2.45, 2.75) is 25.1 Å². The van der Waals surface area contributed by atoms with Crippen LogP contribution in [-0.4, -0.2) is 17.6 Å². The molecule has 1 rings (SSSR count). The molecule has 0 amide bonds. The maximum atomic E-state index is 12.9. The van der Waals surface area contributed by atoms with Crippen molar-refractivity contribution in [2.24, 2.45) is 0 Å². The molecule has 0 saturated heterocycles. The molecule has 18 heavy (non-hydrogen) atoms. The van der Waals surface area contributed by atoms with Crippen molar-refractivity contribution in [2.75, 3.05) is 6.61 Å². The van der Waals surface area contributed by atoms with E-state index >= 15 is 0 Å². The highest BCUT2D eigenvalue weighted by Gasteiger charge is 2.20. The summed E-state index contributed by atoms with van der Waals surface area (Å²) in [5.41, 5.74) is 0.125. The van der Waals surface area contributed by atoms with Gasteiger partial charge in [0.1, 0.15) is 5.15 Å². The molecule has 0 radical (unpaired) electrons. The first-order valence-corrected chi connectivity index (χ1v) is 6.67. The van der Waals surface area contributed by atoms with Gasteiger partial charge in [-0.1, -0.05) is 27.5 Å². The molecule has 1 aromatic rings. The number of pyridine rings is 1. The van der Waals surface area contributed by atoms with Gasteiger partial charge in [0.15, 0.2) is 0 Å². The number of halogens is 4. The van der Waals surface area contributed by atoms with E-state index in [-0.39, 0.29) is 29.4 Å². The second-order valence-corrected chi connectivity index (χ2v) is 4.31. The maximum Gasteiger partial charge on any atom is 0.311 e. The van der Waals surface area contributed by atoms with Crippen LogP contribution in [0.4, 0.5) is 8.78 Å². The Morgan fingerprint density at radius 2 is 2.28 bits per heavy atom. The molecule has 0 bridgehead atoms. The molecule has 100 valence electrons. The molecule has 0 aliphatic rings. The maximum absolute atomic E-state index is 12.9. The number of nitrogens with zero attached hydrogens (tertiary/aromatic N) is 1. The summed E-state index contributed by atoms with van der Waals surface area (Å²) in [5, 5.41) is 0.425. The van der Waals surface area contributed by atoms with Crippen LogP contribution in [0.5, 0.6) is 0 Å². The zero-order valence-electron chi connectivity index (χ0n) is 9.55. The number of hydrogen-bond acceptors (Lipinski definition) is 3. The van der Waals surface area contributed by atoms with Gasteiger partial charge in [-0.15, -0.1) is 0 Å². The number of aromatic nitrogens is 1. The van der Waals surface area contributed by atoms with Crippen LogP contribution < -0.4 is 0 Å². The SMILES string of the molecule is CCOC(=O)Cc1nc(Cl)c(CBr)cc1C(F)F. The summed E-state index contributed by atoms with van der Waals surface area (Å²) in [6.07, 6.45) is -3.02. The average Bonchev–Trinajstić information content (AvgIpc) is 2.29. The zero-order chi connectivity index (χ0) is 13.7. The van der Waals surface area contributed by atoms with Gasteiger partial charge in [-0.2, -0.15) is 0 Å². The summed E-state index contributed by atoms with van der Waals surface area (Å²) < 4.78 is 30.4. The molecule has 7 heteroatoms. The Balaban J connectivity index is 3.09. The van der Waals surface area contributed by atoms with Gasteiger partial charge in [-0.3, -0.25) is 4.79 Å². The van der Waals surface area contributed by atoms with E-state index in [0.29, 0.717) is 10.9 Å². The van der Waals surface area contributed by atoms with E-state index in [1.807, 2.05) is 0 Å². The highest BCUT2D eigenvalue weighted by molar-refractivity contribution is 9.08. The molecule has 0 aromatic carbocycles. The summed E-state index contributed by atoms with van der Waals surface area (Å²) >= 11 is 8.96. The predicted molar refractivity (Wildman–Crippen MR) is 67.2 cm³/mol. The molecule has 0 N–H and O–H groups in total. The molecule has 3 nitrogen and oxygen atoms in total. The van der Waals surface area contributed by atoms with E-state index in [1.165, 1.54) is 6.07 Å². The Bertz CT molecular complexity index is 443. The molecule has 1 heterocycles. The summed E-state index contributed by atoms with van der Waals surface area (Å²) in [6, 6.07) is 1.25. The molecule has 0 fully saturated rings. The van der Waals surface area contributed by atoms with Crippen LogP contribution in [0.3, 0.4) is 0 Å². The minimum Gasteiger partial charge on any atom is -0.466 e. The number of alkyl halides is 3. The standard InChI is InChI=1S/C11H11BrClF2NO2/c1-2-18-9(17)4-8-7(11(14)15)3-6(5-12)10(13)16-8/h3,11H,2,4-5H2,1H3. The normalized spacial score (nSPS) is 10.8. The second-order valence-electron chi connectivity index (χ2n) is 3.39. The Morgan fingerprint density at radius 1 is 1.61 bits per heavy atom. The lowest BCUT2D eigenvalue weighted by Crippen LogP contribution is -2.12. The van der Waals surface area contributed by atoms with E-state index in [1.54, 1.807) is 6.92 Å². The predicted octanol–water partition coefficient (Wildman–Crippen LogP) is 3.67. The highest BCUT2D eigenvalue weighted by atomic mass is 79.9. The fourth-order valence-corrected chi connectivity index (χ4v) is 2.17. The number of hydrogen-bond donors (Lipinski definition) is 0. The molecule has 0 atom stereocenters. The van der Waals surface area contributed by atoms with Crippen molar-refractivity contribution in [1.82, 2.24) is 4.98 Å². The number of ether oxygens (including phenoxy) is 1. The quantitative estimate of drug-likeness (QED) is 0.465. The molecule has 0 saturated carbocycles. The van der Waals surface area contributed by atoms with Gasteiger partial charge in [-0.05, 0) is 13.0 Å². The minimum atomic E-state index is -2.71. The lowest BCUT2D eigenvalue weighted by Gasteiger charge is -2.10. The fraction of sp³-hybridized carbons (Fsp3) is 0.455. The third-order valence-electron chi connectivity index (χ3n) is 2.16. The molecule has 0 aliphatic carbocycles. The van der Waals surface area contributed by atoms with Crippen LogP contribution in [0.25, 0.3) is 0 Å². The van der Waals surface area contributed by atoms with Crippen LogP contribution in [0.2, 0.25) is 5.15 Å². The first-order chi connectivity index (χ1) is 8.49. The Kier molecular flexibility index (Phi) is 5.95. The van der Waals surface area contributed by atoms with Crippen molar-refractivity contribution in [3.63, 3.8) is 0 Å². The molecule has 0 aliphatic heterocycles. The Morgan fingerprint density at radius 3 is 2.78 bits per heavy atom. The minimum absolute atomic E-state index is 0.0434. The number of carbonyl (C=O) groups excluding carboxylic acids is 1. The lowest BCUT2D eigenvalue weighted by molar-refractivity contribution is -0.142. The van der Waals surface area contributed by atoms with Gasteiger partial charge >= 0.3 is 5.97 Å². The van der Waals surface area contributed by atoms with Crippen molar-refractivity contribution >= 4 is 33.5 Å². The van der Waals surface area contributed by atoms with E-state index in [9.17, 15) is 13.6 Å². The molecular formula is C11H11BrClF2NO2. The van der Waals surface area contributed by atoms with Crippen molar-refractivity contribution in [3.8, 4) is 0 Å². The molecular weight excluding hydrogens is 331 g/mol. The summed E-state index contributed by atoms with van der Waals surface area (Å²) in [4.78, 5) is 15.1. The van der Waals surface area contributed by atoms with Crippen LogP contribution in [-0.2, 0) is 21.3 Å². The highest BCUT2D eigenvalue weighted by Crippen LogP contribution is 2.28. The molecule has 1 aromatic heterocycles. The van der Waals surface area contributed by atoms with Crippen molar-refractivity contribution in [3.05, 3.63) is 28.0 Å². The van der Waals surface area contributed by atoms with Crippen LogP contribution in [0, 0.1) is 0 Å². The van der Waals surface area contributed by atoms with Crippen LogP contribution in [0.15, 0.2) is 6.07 Å². The number of carbonyl (C=O) groups is 1. The van der Waals surface area contributed by atoms with Gasteiger partial charge < -0.3 is 4.74 Å². The Hall–Kier alpha value is -0.750. The summed E-state index contributed by atoms with van der Waals surface area (Å²) in [5.74, 6) is -0.602. The average molecular weight is 343 g/mol. The molecule has 0 spiro atoms. The van der Waals surface area contributed by atoms with Crippen molar-refractivity contribution < 1.29 is 18.3 Å². The van der Waals surface area contributed by atoms with Crippen LogP contribution >= 0.6 is 27.5 Å². The summed E-state index contributed by atoms with van der Waals surface area (Å²) in [7, 11) is 0.